The molecule has 0 N–H and O–H groups in total. The van der Waals surface area contributed by atoms with E-state index in [2.05, 4.69) is 16.5 Å². The highest BCUT2D eigenvalue weighted by Gasteiger charge is 2.09. The van der Waals surface area contributed by atoms with Gasteiger partial charge in [-0.15, -0.1) is 11.3 Å². The summed E-state index contributed by atoms with van der Waals surface area (Å²) in [5, 5.41) is 3.47. The Hall–Kier alpha value is -1.03. The Balaban J connectivity index is 2.06. The van der Waals surface area contributed by atoms with Gasteiger partial charge in [0, 0.05) is 21.5 Å². The summed E-state index contributed by atoms with van der Waals surface area (Å²) in [5.41, 5.74) is 2.15. The number of halogens is 2. The van der Waals surface area contributed by atoms with Gasteiger partial charge in [0.1, 0.15) is 5.01 Å². The van der Waals surface area contributed by atoms with Crippen LogP contribution in [0.2, 0.25) is 10.0 Å². The van der Waals surface area contributed by atoms with Crippen molar-refractivity contribution < 1.29 is 0 Å². The van der Waals surface area contributed by atoms with Crippen LogP contribution in [0, 0.1) is 13.8 Å². The minimum Gasteiger partial charge on any atom is -0.341 e. The molecule has 0 bridgehead atoms. The van der Waals surface area contributed by atoms with E-state index in [0.717, 1.165) is 28.1 Å². The number of thiazole rings is 1. The van der Waals surface area contributed by atoms with E-state index < -0.39 is 0 Å². The van der Waals surface area contributed by atoms with E-state index in [1.54, 1.807) is 17.4 Å². The number of hydrogen-bond acceptors (Lipinski definition) is 2. The maximum Gasteiger partial charge on any atom is 0.113 e. The van der Waals surface area contributed by atoms with E-state index >= 15 is 0 Å². The van der Waals surface area contributed by atoms with Crippen molar-refractivity contribution in [3.8, 4) is 0 Å². The molecule has 0 saturated carbocycles. The van der Waals surface area contributed by atoms with Crippen LogP contribution in [0.5, 0.6) is 0 Å². The predicted molar refractivity (Wildman–Crippen MR) is 82.6 cm³/mol. The standard InChI is InChI=1S/C14H12Cl2N2S/c1-8-9(2)19-14(17-8)7-18-4-3-11-12(16)5-10(15)6-13(11)18/h3-6H,7H2,1-2H3. The summed E-state index contributed by atoms with van der Waals surface area (Å²) in [4.78, 5) is 5.83. The largest absolute Gasteiger partial charge is 0.341 e. The monoisotopic (exact) mass is 310 g/mol. The molecule has 1 aromatic carbocycles. The summed E-state index contributed by atoms with van der Waals surface area (Å²) >= 11 is 14.0. The Morgan fingerprint density at radius 3 is 2.74 bits per heavy atom. The summed E-state index contributed by atoms with van der Waals surface area (Å²) in [6.45, 7) is 4.88. The molecule has 5 heteroatoms. The van der Waals surface area contributed by atoms with Crippen LogP contribution in [-0.2, 0) is 6.54 Å². The summed E-state index contributed by atoms with van der Waals surface area (Å²) in [6, 6.07) is 5.73. The van der Waals surface area contributed by atoms with Gasteiger partial charge in [0.05, 0.1) is 22.8 Å². The fourth-order valence-corrected chi connectivity index (χ4v) is 3.59. The minimum absolute atomic E-state index is 0.656. The van der Waals surface area contributed by atoms with Crippen LogP contribution in [0.25, 0.3) is 10.9 Å². The topological polar surface area (TPSA) is 17.8 Å². The van der Waals surface area contributed by atoms with Gasteiger partial charge in [-0.1, -0.05) is 23.2 Å². The van der Waals surface area contributed by atoms with Gasteiger partial charge in [-0.3, -0.25) is 0 Å². The molecule has 0 atom stereocenters. The average Bonchev–Trinajstić information content (AvgIpc) is 2.85. The van der Waals surface area contributed by atoms with Crippen molar-refractivity contribution in [2.45, 2.75) is 20.4 Å². The van der Waals surface area contributed by atoms with Crippen molar-refractivity contribution in [3.05, 3.63) is 50.0 Å². The van der Waals surface area contributed by atoms with Crippen molar-refractivity contribution >= 4 is 45.4 Å². The molecular formula is C14H12Cl2N2S. The highest BCUT2D eigenvalue weighted by atomic mass is 35.5. The zero-order valence-corrected chi connectivity index (χ0v) is 12.9. The summed E-state index contributed by atoms with van der Waals surface area (Å²) in [7, 11) is 0. The number of benzene rings is 1. The van der Waals surface area contributed by atoms with Gasteiger partial charge in [0.15, 0.2) is 0 Å². The van der Waals surface area contributed by atoms with E-state index in [1.807, 2.05) is 25.3 Å². The fourth-order valence-electron chi connectivity index (χ4n) is 2.11. The van der Waals surface area contributed by atoms with Crippen molar-refractivity contribution in [1.82, 2.24) is 9.55 Å². The van der Waals surface area contributed by atoms with Crippen molar-refractivity contribution in [2.24, 2.45) is 0 Å². The molecule has 19 heavy (non-hydrogen) atoms. The van der Waals surface area contributed by atoms with E-state index in [4.69, 9.17) is 23.2 Å². The fraction of sp³-hybridized carbons (Fsp3) is 0.214. The van der Waals surface area contributed by atoms with E-state index in [1.165, 1.54) is 4.88 Å². The number of rotatable bonds is 2. The molecule has 3 aromatic rings. The normalized spacial score (nSPS) is 11.4. The molecule has 0 spiro atoms. The van der Waals surface area contributed by atoms with E-state index in [0.29, 0.717) is 10.0 Å². The number of aryl methyl sites for hydroxylation is 2. The molecule has 0 aliphatic carbocycles. The van der Waals surface area contributed by atoms with Gasteiger partial charge >= 0.3 is 0 Å². The van der Waals surface area contributed by atoms with Crippen molar-refractivity contribution in [1.29, 1.82) is 0 Å². The SMILES string of the molecule is Cc1nc(Cn2ccc3c(Cl)cc(Cl)cc32)sc1C. The summed E-state index contributed by atoms with van der Waals surface area (Å²) < 4.78 is 2.13. The smallest absolute Gasteiger partial charge is 0.113 e. The molecule has 0 fully saturated rings. The molecule has 2 heterocycles. The molecule has 0 unspecified atom stereocenters. The van der Waals surface area contributed by atoms with Crippen LogP contribution in [0.4, 0.5) is 0 Å². The molecule has 0 amide bonds. The first-order valence-electron chi connectivity index (χ1n) is 5.91. The van der Waals surface area contributed by atoms with Gasteiger partial charge in [-0.05, 0) is 32.0 Å². The third kappa shape index (κ3) is 2.38. The first kappa shape index (κ1) is 13.0. The highest BCUT2D eigenvalue weighted by Crippen LogP contribution is 2.29. The average molecular weight is 311 g/mol. The zero-order chi connectivity index (χ0) is 13.6. The van der Waals surface area contributed by atoms with Crippen LogP contribution >= 0.6 is 34.5 Å². The molecule has 3 rings (SSSR count). The maximum atomic E-state index is 6.20. The van der Waals surface area contributed by atoms with Crippen molar-refractivity contribution in [3.63, 3.8) is 0 Å². The third-order valence-electron chi connectivity index (χ3n) is 3.18. The van der Waals surface area contributed by atoms with Gasteiger partial charge in [0.25, 0.3) is 0 Å². The molecule has 2 aromatic heterocycles. The maximum absolute atomic E-state index is 6.20. The molecule has 0 aliphatic heterocycles. The van der Waals surface area contributed by atoms with Crippen LogP contribution in [-0.4, -0.2) is 9.55 Å². The van der Waals surface area contributed by atoms with Crippen LogP contribution in [0.15, 0.2) is 24.4 Å². The zero-order valence-electron chi connectivity index (χ0n) is 10.6. The second-order valence-corrected chi connectivity index (χ2v) is 6.64. The van der Waals surface area contributed by atoms with Gasteiger partial charge in [-0.25, -0.2) is 4.98 Å². The predicted octanol–water partition coefficient (Wildman–Crippen LogP) is 5.07. The lowest BCUT2D eigenvalue weighted by Gasteiger charge is -2.04. The lowest BCUT2D eigenvalue weighted by molar-refractivity contribution is 0.824. The Labute approximate surface area is 125 Å². The Bertz CT molecular complexity index is 739. The second-order valence-electron chi connectivity index (χ2n) is 4.51. The number of fused-ring (bicyclic) bond motifs is 1. The Morgan fingerprint density at radius 2 is 2.05 bits per heavy atom. The minimum atomic E-state index is 0.656. The third-order valence-corrected chi connectivity index (χ3v) is 4.77. The molecular weight excluding hydrogens is 299 g/mol. The highest BCUT2D eigenvalue weighted by molar-refractivity contribution is 7.11. The quantitative estimate of drug-likeness (QED) is 0.646. The van der Waals surface area contributed by atoms with Gasteiger partial charge < -0.3 is 4.57 Å². The van der Waals surface area contributed by atoms with E-state index in [-0.39, 0.29) is 0 Å². The van der Waals surface area contributed by atoms with Gasteiger partial charge in [0.2, 0.25) is 0 Å². The van der Waals surface area contributed by atoms with Crippen LogP contribution in [0.3, 0.4) is 0 Å². The molecule has 0 radical (unpaired) electrons. The van der Waals surface area contributed by atoms with Crippen LogP contribution < -0.4 is 0 Å². The summed E-state index contributed by atoms with van der Waals surface area (Å²) in [6.07, 6.45) is 2.03. The van der Waals surface area contributed by atoms with Crippen LogP contribution in [0.1, 0.15) is 15.6 Å². The first-order valence-corrected chi connectivity index (χ1v) is 7.48. The Morgan fingerprint density at radius 1 is 1.26 bits per heavy atom. The number of aromatic nitrogens is 2. The van der Waals surface area contributed by atoms with Crippen molar-refractivity contribution in [2.75, 3.05) is 0 Å². The van der Waals surface area contributed by atoms with E-state index in [9.17, 15) is 0 Å². The second kappa shape index (κ2) is 4.82. The molecule has 0 aliphatic rings. The number of hydrogen-bond donors (Lipinski definition) is 0. The first-order chi connectivity index (χ1) is 9.04. The molecule has 98 valence electrons. The Kier molecular flexibility index (Phi) is 3.29. The summed E-state index contributed by atoms with van der Waals surface area (Å²) in [5.74, 6) is 0. The molecule has 2 nitrogen and oxygen atoms in total. The van der Waals surface area contributed by atoms with Gasteiger partial charge in [-0.2, -0.15) is 0 Å². The number of nitrogens with zero attached hydrogens (tertiary/aromatic N) is 2. The lowest BCUT2D eigenvalue weighted by Crippen LogP contribution is -1.97. The molecule has 0 saturated heterocycles. The lowest BCUT2D eigenvalue weighted by atomic mass is 10.2.